The first kappa shape index (κ1) is 20.4. The lowest BCUT2D eigenvalue weighted by molar-refractivity contribution is -0.149. The van der Waals surface area contributed by atoms with Gasteiger partial charge in [-0.3, -0.25) is 9.78 Å². The Hall–Kier alpha value is -1.90. The van der Waals surface area contributed by atoms with Crippen LogP contribution in [0, 0.1) is 5.82 Å². The largest absolute Gasteiger partial charge is 0.480 e. The minimum absolute atomic E-state index is 0.0338. The first-order chi connectivity index (χ1) is 13.8. The molecule has 1 saturated heterocycles. The van der Waals surface area contributed by atoms with Crippen molar-refractivity contribution in [3.63, 3.8) is 0 Å². The zero-order valence-electron chi connectivity index (χ0n) is 15.0. The van der Waals surface area contributed by atoms with Crippen molar-refractivity contribution in [2.75, 3.05) is 6.54 Å². The fourth-order valence-corrected chi connectivity index (χ4v) is 5.03. The monoisotopic (exact) mass is 455 g/mol. The van der Waals surface area contributed by atoms with Gasteiger partial charge in [0.15, 0.2) is 0 Å². The number of halogens is 3. The van der Waals surface area contributed by atoms with Gasteiger partial charge in [0.25, 0.3) is 0 Å². The number of amides is 1. The van der Waals surface area contributed by atoms with Crippen molar-refractivity contribution >= 4 is 46.8 Å². The molecule has 2 aromatic rings. The molecule has 0 spiro atoms. The minimum atomic E-state index is -1.11. The lowest BCUT2D eigenvalue weighted by atomic mass is 9.98. The van der Waals surface area contributed by atoms with Gasteiger partial charge in [-0.25, -0.2) is 14.2 Å². The lowest BCUT2D eigenvalue weighted by Crippen LogP contribution is -2.46. The smallest absolute Gasteiger partial charge is 0.326 e. The molecule has 2 aromatic heterocycles. The maximum atomic E-state index is 14.4. The minimum Gasteiger partial charge on any atom is -0.480 e. The Morgan fingerprint density at radius 3 is 2.52 bits per heavy atom. The Morgan fingerprint density at radius 2 is 1.93 bits per heavy atom. The second-order valence-electron chi connectivity index (χ2n) is 7.17. The number of aromatic nitrogens is 2. The Morgan fingerprint density at radius 1 is 1.21 bits per heavy atom. The van der Waals surface area contributed by atoms with Crippen LogP contribution in [-0.4, -0.2) is 49.7 Å². The van der Waals surface area contributed by atoms with Crippen molar-refractivity contribution < 1.29 is 19.1 Å². The summed E-state index contributed by atoms with van der Waals surface area (Å²) in [6, 6.07) is 3.61. The van der Waals surface area contributed by atoms with Gasteiger partial charge in [-0.05, 0) is 37.5 Å². The van der Waals surface area contributed by atoms with E-state index in [2.05, 4.69) is 9.97 Å². The van der Waals surface area contributed by atoms with E-state index in [1.54, 1.807) is 12.1 Å². The Bertz CT molecular complexity index is 972. The molecule has 6 nitrogen and oxygen atoms in total. The predicted molar refractivity (Wildman–Crippen MR) is 107 cm³/mol. The molecule has 1 N–H and O–H groups in total. The van der Waals surface area contributed by atoms with Gasteiger partial charge in [0, 0.05) is 24.2 Å². The van der Waals surface area contributed by atoms with Crippen LogP contribution in [0.3, 0.4) is 0 Å². The molecule has 0 aromatic carbocycles. The van der Waals surface area contributed by atoms with Crippen LogP contribution in [0.25, 0.3) is 0 Å². The summed E-state index contributed by atoms with van der Waals surface area (Å²) in [5.74, 6) is -2.12. The Kier molecular flexibility index (Phi) is 5.44. The number of carboxylic acid groups (broad SMARTS) is 1. The van der Waals surface area contributed by atoms with Crippen LogP contribution in [0.15, 0.2) is 35.6 Å². The third-order valence-electron chi connectivity index (χ3n) is 5.22. The van der Waals surface area contributed by atoms with Gasteiger partial charge < -0.3 is 10.0 Å². The molecule has 4 rings (SSSR count). The summed E-state index contributed by atoms with van der Waals surface area (Å²) in [6.07, 6.45) is 3.96. The van der Waals surface area contributed by atoms with Gasteiger partial charge in [0.1, 0.15) is 11.9 Å². The predicted octanol–water partition coefficient (Wildman–Crippen LogP) is 3.80. The summed E-state index contributed by atoms with van der Waals surface area (Å²) in [5, 5.41) is 10.9. The molecule has 0 bridgehead atoms. The molecule has 29 heavy (non-hydrogen) atoms. The highest BCUT2D eigenvalue weighted by Crippen LogP contribution is 2.51. The van der Waals surface area contributed by atoms with Gasteiger partial charge in [0.05, 0.1) is 26.2 Å². The second-order valence-corrected chi connectivity index (χ2v) is 9.36. The average molecular weight is 456 g/mol. The molecule has 1 aliphatic heterocycles. The van der Waals surface area contributed by atoms with Crippen LogP contribution in [0.5, 0.6) is 0 Å². The number of carbonyl (C=O) groups is 2. The standard InChI is InChI=1S/C19H16Cl2FN3O3S/c20-10-1-2-15(23-7-10)29-12-6-14(17(26)27)25(9-12)18(28)19(3-4-19)16-13(22)5-11(21)8-24-16/h1-2,5,7-8,12,14H,3-4,6,9H2,(H,26,27)/t12-,14+/m1/s1. The quantitative estimate of drug-likeness (QED) is 0.737. The van der Waals surface area contributed by atoms with Crippen LogP contribution < -0.4 is 0 Å². The van der Waals surface area contributed by atoms with Gasteiger partial charge >= 0.3 is 5.97 Å². The van der Waals surface area contributed by atoms with E-state index in [1.165, 1.54) is 29.1 Å². The molecule has 0 radical (unpaired) electrons. The molecule has 0 unspecified atom stereocenters. The maximum Gasteiger partial charge on any atom is 0.326 e. The van der Waals surface area contributed by atoms with Crippen LogP contribution in [0.1, 0.15) is 25.0 Å². The molecule has 2 atom stereocenters. The van der Waals surface area contributed by atoms with Gasteiger partial charge in [-0.15, -0.1) is 11.8 Å². The van der Waals surface area contributed by atoms with Crippen LogP contribution in [0.4, 0.5) is 4.39 Å². The molecule has 3 heterocycles. The molecule has 2 fully saturated rings. The van der Waals surface area contributed by atoms with Crippen LogP contribution in [-0.2, 0) is 15.0 Å². The van der Waals surface area contributed by atoms with Crippen LogP contribution >= 0.6 is 35.0 Å². The summed E-state index contributed by atoms with van der Waals surface area (Å²) in [6.45, 7) is 0.238. The number of aliphatic carboxylic acids is 1. The fraction of sp³-hybridized carbons (Fsp3) is 0.368. The van der Waals surface area contributed by atoms with E-state index in [9.17, 15) is 19.1 Å². The normalized spacial score (nSPS) is 22.5. The zero-order valence-corrected chi connectivity index (χ0v) is 17.3. The number of hydrogen-bond acceptors (Lipinski definition) is 5. The highest BCUT2D eigenvalue weighted by Gasteiger charge is 2.58. The first-order valence-corrected chi connectivity index (χ1v) is 10.6. The summed E-state index contributed by atoms with van der Waals surface area (Å²) in [4.78, 5) is 34.7. The highest BCUT2D eigenvalue weighted by molar-refractivity contribution is 7.99. The molecule has 1 aliphatic carbocycles. The van der Waals surface area contributed by atoms with Gasteiger partial charge in [-0.1, -0.05) is 23.2 Å². The SMILES string of the molecule is O=C(O)[C@@H]1C[C@@H](Sc2ccc(Cl)cn2)CN1C(=O)C1(c2ncc(Cl)cc2F)CC1. The molecule has 2 aliphatic rings. The van der Waals surface area contributed by atoms with Crippen LogP contribution in [0.2, 0.25) is 10.0 Å². The molecule has 1 amide bonds. The average Bonchev–Trinajstić information content (AvgIpc) is 3.36. The van der Waals surface area contributed by atoms with Crippen molar-refractivity contribution in [3.05, 3.63) is 52.1 Å². The number of carbonyl (C=O) groups excluding carboxylic acids is 1. The van der Waals surface area contributed by atoms with E-state index < -0.39 is 29.2 Å². The molecular weight excluding hydrogens is 440 g/mol. The second kappa shape index (κ2) is 7.74. The van der Waals surface area contributed by atoms with Gasteiger partial charge in [0.2, 0.25) is 5.91 Å². The molecule has 1 saturated carbocycles. The zero-order chi connectivity index (χ0) is 20.8. The lowest BCUT2D eigenvalue weighted by Gasteiger charge is -2.26. The van der Waals surface area contributed by atoms with Gasteiger partial charge in [-0.2, -0.15) is 0 Å². The number of rotatable bonds is 5. The van der Waals surface area contributed by atoms with E-state index in [0.29, 0.717) is 22.9 Å². The number of hydrogen-bond donors (Lipinski definition) is 1. The highest BCUT2D eigenvalue weighted by atomic mass is 35.5. The molecule has 10 heteroatoms. The first-order valence-electron chi connectivity index (χ1n) is 8.94. The van der Waals surface area contributed by atoms with Crippen molar-refractivity contribution in [1.82, 2.24) is 14.9 Å². The van der Waals surface area contributed by atoms with Crippen molar-refractivity contribution in [2.45, 2.75) is 41.0 Å². The summed E-state index contributed by atoms with van der Waals surface area (Å²) in [5.41, 5.74) is -1.08. The van der Waals surface area contributed by atoms with E-state index >= 15 is 0 Å². The summed E-state index contributed by atoms with van der Waals surface area (Å²) < 4.78 is 14.4. The van der Waals surface area contributed by atoms with E-state index in [0.717, 1.165) is 6.07 Å². The third-order valence-corrected chi connectivity index (χ3v) is 6.80. The maximum absolute atomic E-state index is 14.4. The summed E-state index contributed by atoms with van der Waals surface area (Å²) in [7, 11) is 0. The Labute approximate surface area is 180 Å². The Balaban J connectivity index is 1.56. The van der Waals surface area contributed by atoms with E-state index in [4.69, 9.17) is 23.2 Å². The number of carboxylic acids is 1. The fourth-order valence-electron chi connectivity index (χ4n) is 3.66. The number of pyridine rings is 2. The van der Waals surface area contributed by atoms with Crippen molar-refractivity contribution in [2.24, 2.45) is 0 Å². The molecular formula is C19H16Cl2FN3O3S. The van der Waals surface area contributed by atoms with Crippen molar-refractivity contribution in [1.29, 1.82) is 0 Å². The third kappa shape index (κ3) is 3.93. The number of thioether (sulfide) groups is 1. The van der Waals surface area contributed by atoms with E-state index in [-0.39, 0.29) is 28.9 Å². The van der Waals surface area contributed by atoms with Crippen molar-refractivity contribution in [3.8, 4) is 0 Å². The topological polar surface area (TPSA) is 83.4 Å². The summed E-state index contributed by atoms with van der Waals surface area (Å²) >= 11 is 13.0. The van der Waals surface area contributed by atoms with E-state index in [1.807, 2.05) is 0 Å². The number of likely N-dealkylation sites (tertiary alicyclic amines) is 1. The molecule has 152 valence electrons. The number of nitrogens with zero attached hydrogens (tertiary/aromatic N) is 3.